The molecule has 4 aliphatic rings. The zero-order valence-electron chi connectivity index (χ0n) is 15.5. The third kappa shape index (κ3) is 2.26. The smallest absolute Gasteiger partial charge is 0.155 e. The van der Waals surface area contributed by atoms with Crippen LogP contribution in [0.1, 0.15) is 59.3 Å². The molecule has 25 heavy (non-hydrogen) atoms. The molecule has 0 aromatic rings. The fraction of sp³-hybridized carbons (Fsp3) is 0.810. The normalized spacial score (nSPS) is 52.0. The predicted molar refractivity (Wildman–Crippen MR) is 93.7 cm³/mol. The van der Waals surface area contributed by atoms with E-state index in [9.17, 15) is 19.8 Å². The Labute approximate surface area is 149 Å². The first-order chi connectivity index (χ1) is 11.7. The topological polar surface area (TPSA) is 74.6 Å². The van der Waals surface area contributed by atoms with Crippen LogP contribution in [0.5, 0.6) is 0 Å². The molecule has 0 radical (unpaired) electrons. The van der Waals surface area contributed by atoms with E-state index in [0.29, 0.717) is 25.2 Å². The largest absolute Gasteiger partial charge is 0.393 e. The van der Waals surface area contributed by atoms with Crippen LogP contribution in [0, 0.1) is 34.5 Å². The van der Waals surface area contributed by atoms with E-state index in [1.165, 1.54) is 0 Å². The van der Waals surface area contributed by atoms with Crippen LogP contribution in [-0.4, -0.2) is 34.0 Å². The number of hydrogen-bond acceptors (Lipinski definition) is 4. The standard InChI is InChI=1S/C21H30O4/c1-11(22)15-10-18(25)19-13-9-17(24)16-8-12(23)4-6-20(16,2)14(13)5-7-21(15,19)3/h8,13-15,17-19,24-25H,4-7,9-10H2,1-3H3/t13?,14?,15-,17-,18?,19?,20-,21-/m1/s1. The maximum Gasteiger partial charge on any atom is 0.155 e. The molecule has 4 aliphatic carbocycles. The van der Waals surface area contributed by atoms with Gasteiger partial charge in [0.1, 0.15) is 5.78 Å². The van der Waals surface area contributed by atoms with Crippen LogP contribution in [0.4, 0.5) is 0 Å². The van der Waals surface area contributed by atoms with E-state index in [0.717, 1.165) is 24.8 Å². The molecule has 0 aromatic heterocycles. The van der Waals surface area contributed by atoms with E-state index >= 15 is 0 Å². The average Bonchev–Trinajstić information content (AvgIpc) is 2.81. The second-order valence-electron chi connectivity index (χ2n) is 9.54. The first kappa shape index (κ1) is 17.4. The number of ketones is 2. The van der Waals surface area contributed by atoms with Crippen molar-refractivity contribution in [1.29, 1.82) is 0 Å². The highest BCUT2D eigenvalue weighted by molar-refractivity contribution is 5.91. The summed E-state index contributed by atoms with van der Waals surface area (Å²) in [6, 6.07) is 0. The van der Waals surface area contributed by atoms with Crippen molar-refractivity contribution >= 4 is 11.6 Å². The second-order valence-corrected chi connectivity index (χ2v) is 9.54. The zero-order chi connectivity index (χ0) is 18.1. The Morgan fingerprint density at radius 1 is 1.20 bits per heavy atom. The number of aliphatic hydroxyl groups excluding tert-OH is 2. The van der Waals surface area contributed by atoms with E-state index in [2.05, 4.69) is 13.8 Å². The number of carbonyl (C=O) groups excluding carboxylic acids is 2. The summed E-state index contributed by atoms with van der Waals surface area (Å²) in [5.41, 5.74) is 0.615. The molecule has 4 rings (SSSR count). The number of carbonyl (C=O) groups is 2. The van der Waals surface area contributed by atoms with Crippen molar-refractivity contribution in [2.45, 2.75) is 71.5 Å². The molecule has 0 bridgehead atoms. The molecule has 8 atom stereocenters. The maximum absolute atomic E-state index is 12.2. The molecule has 4 heteroatoms. The van der Waals surface area contributed by atoms with Crippen LogP contribution in [0.15, 0.2) is 11.6 Å². The summed E-state index contributed by atoms with van der Waals surface area (Å²) in [5, 5.41) is 21.7. The summed E-state index contributed by atoms with van der Waals surface area (Å²) >= 11 is 0. The Kier molecular flexibility index (Phi) is 3.83. The van der Waals surface area contributed by atoms with Gasteiger partial charge in [0.2, 0.25) is 0 Å². The number of fused-ring (bicyclic) bond motifs is 5. The van der Waals surface area contributed by atoms with E-state index < -0.39 is 12.2 Å². The van der Waals surface area contributed by atoms with Crippen LogP contribution in [0.2, 0.25) is 0 Å². The van der Waals surface area contributed by atoms with Gasteiger partial charge in [-0.1, -0.05) is 13.8 Å². The van der Waals surface area contributed by atoms with Crippen molar-refractivity contribution < 1.29 is 19.8 Å². The first-order valence-electron chi connectivity index (χ1n) is 9.80. The van der Waals surface area contributed by atoms with Gasteiger partial charge < -0.3 is 10.2 Å². The van der Waals surface area contributed by atoms with Gasteiger partial charge in [-0.15, -0.1) is 0 Å². The Morgan fingerprint density at radius 3 is 2.60 bits per heavy atom. The highest BCUT2D eigenvalue weighted by Crippen LogP contribution is 2.66. The van der Waals surface area contributed by atoms with E-state index in [-0.39, 0.29) is 40.2 Å². The number of Topliss-reactive ketones (excluding diaryl/α,β-unsaturated/α-hetero) is 1. The molecule has 3 saturated carbocycles. The van der Waals surface area contributed by atoms with Crippen LogP contribution < -0.4 is 0 Å². The van der Waals surface area contributed by atoms with Crippen LogP contribution in [-0.2, 0) is 9.59 Å². The highest BCUT2D eigenvalue weighted by atomic mass is 16.3. The van der Waals surface area contributed by atoms with Crippen molar-refractivity contribution in [3.05, 3.63) is 11.6 Å². The third-order valence-electron chi connectivity index (χ3n) is 8.45. The summed E-state index contributed by atoms with van der Waals surface area (Å²) < 4.78 is 0. The Bertz CT molecular complexity index is 652. The highest BCUT2D eigenvalue weighted by Gasteiger charge is 2.63. The van der Waals surface area contributed by atoms with Gasteiger partial charge in [-0.3, -0.25) is 9.59 Å². The van der Waals surface area contributed by atoms with Crippen LogP contribution >= 0.6 is 0 Å². The van der Waals surface area contributed by atoms with Crippen molar-refractivity contribution in [3.8, 4) is 0 Å². The number of hydrogen-bond donors (Lipinski definition) is 2. The molecule has 0 aromatic carbocycles. The molecule has 4 nitrogen and oxygen atoms in total. The molecule has 0 heterocycles. The van der Waals surface area contributed by atoms with Gasteiger partial charge >= 0.3 is 0 Å². The van der Waals surface area contributed by atoms with Crippen LogP contribution in [0.25, 0.3) is 0 Å². The lowest BCUT2D eigenvalue weighted by Crippen LogP contribution is -2.55. The molecular weight excluding hydrogens is 316 g/mol. The predicted octanol–water partition coefficient (Wildman–Crippen LogP) is 2.67. The molecular formula is C21H30O4. The van der Waals surface area contributed by atoms with E-state index in [4.69, 9.17) is 0 Å². The summed E-state index contributed by atoms with van der Waals surface area (Å²) in [7, 11) is 0. The van der Waals surface area contributed by atoms with Gasteiger partial charge in [0.25, 0.3) is 0 Å². The zero-order valence-corrected chi connectivity index (χ0v) is 15.5. The van der Waals surface area contributed by atoms with Gasteiger partial charge in [-0.05, 0) is 79.3 Å². The van der Waals surface area contributed by atoms with Gasteiger partial charge in [0, 0.05) is 12.3 Å². The maximum atomic E-state index is 12.2. The minimum atomic E-state index is -0.596. The average molecular weight is 346 g/mol. The van der Waals surface area contributed by atoms with Gasteiger partial charge in [0.15, 0.2) is 5.78 Å². The lowest BCUT2D eigenvalue weighted by molar-refractivity contribution is -0.132. The second kappa shape index (κ2) is 5.50. The monoisotopic (exact) mass is 346 g/mol. The molecule has 138 valence electrons. The van der Waals surface area contributed by atoms with Gasteiger partial charge in [-0.2, -0.15) is 0 Å². The summed E-state index contributed by atoms with van der Waals surface area (Å²) in [5.74, 6) is 0.934. The molecule has 0 aliphatic heterocycles. The van der Waals surface area contributed by atoms with Crippen molar-refractivity contribution in [2.24, 2.45) is 34.5 Å². The van der Waals surface area contributed by atoms with Crippen molar-refractivity contribution in [2.75, 3.05) is 0 Å². The molecule has 4 unspecified atom stereocenters. The van der Waals surface area contributed by atoms with E-state index in [1.807, 2.05) is 0 Å². The lowest BCUT2D eigenvalue weighted by Gasteiger charge is -2.59. The lowest BCUT2D eigenvalue weighted by atomic mass is 9.46. The Morgan fingerprint density at radius 2 is 1.92 bits per heavy atom. The first-order valence-corrected chi connectivity index (χ1v) is 9.80. The molecule has 0 saturated heterocycles. The molecule has 3 fully saturated rings. The summed E-state index contributed by atoms with van der Waals surface area (Å²) in [6.45, 7) is 6.04. The number of aliphatic hydroxyl groups is 2. The van der Waals surface area contributed by atoms with Crippen LogP contribution in [0.3, 0.4) is 0 Å². The Hall–Kier alpha value is -1.00. The summed E-state index contributed by atoms with van der Waals surface area (Å²) in [4.78, 5) is 24.1. The van der Waals surface area contributed by atoms with Crippen molar-refractivity contribution in [3.63, 3.8) is 0 Å². The SMILES string of the molecule is CC(=O)[C@H]1CC(O)C2C3C[C@@H](O)C4=CC(=O)CC[C@]4(C)C3CC[C@@]21C. The van der Waals surface area contributed by atoms with E-state index in [1.54, 1.807) is 13.0 Å². The molecule has 0 amide bonds. The fourth-order valence-electron chi connectivity index (χ4n) is 7.31. The Balaban J connectivity index is 1.74. The third-order valence-corrected chi connectivity index (χ3v) is 8.45. The van der Waals surface area contributed by atoms with Crippen molar-refractivity contribution in [1.82, 2.24) is 0 Å². The molecule has 0 spiro atoms. The minimum absolute atomic E-state index is 0.0664. The van der Waals surface area contributed by atoms with Gasteiger partial charge in [-0.25, -0.2) is 0 Å². The van der Waals surface area contributed by atoms with Gasteiger partial charge in [0.05, 0.1) is 12.2 Å². The molecule has 2 N–H and O–H groups in total. The number of rotatable bonds is 1. The quantitative estimate of drug-likeness (QED) is 0.765. The summed E-state index contributed by atoms with van der Waals surface area (Å²) in [6.07, 6.45) is 5.13. The fourth-order valence-corrected chi connectivity index (χ4v) is 7.31. The minimum Gasteiger partial charge on any atom is -0.393 e.